The van der Waals surface area contributed by atoms with Crippen LogP contribution in [-0.4, -0.2) is 31.5 Å². The maximum absolute atomic E-state index is 9.46. The van der Waals surface area contributed by atoms with Crippen LogP contribution in [0.4, 0.5) is 0 Å². The van der Waals surface area contributed by atoms with E-state index in [1.165, 1.54) is 0 Å². The summed E-state index contributed by atoms with van der Waals surface area (Å²) in [5.41, 5.74) is 5.60. The van der Waals surface area contributed by atoms with Crippen LogP contribution in [0.15, 0.2) is 0 Å². The maximum atomic E-state index is 9.46. The van der Waals surface area contributed by atoms with Gasteiger partial charge in [0, 0.05) is 25.2 Å². The first kappa shape index (κ1) is 15.9. The molecule has 0 aromatic heterocycles. The molecule has 0 saturated heterocycles. The number of aliphatic hydroxyl groups excluding tert-OH is 1. The van der Waals surface area contributed by atoms with E-state index in [0.717, 1.165) is 19.4 Å². The SMILES string of the molecule is CC(C)CCOCCC(CN)(CO)C(C)C. The second-order valence-electron chi connectivity index (χ2n) is 5.42. The van der Waals surface area contributed by atoms with Crippen molar-refractivity contribution in [3.8, 4) is 0 Å². The van der Waals surface area contributed by atoms with Gasteiger partial charge in [0.05, 0.1) is 6.61 Å². The topological polar surface area (TPSA) is 55.5 Å². The summed E-state index contributed by atoms with van der Waals surface area (Å²) in [5.74, 6) is 1.07. The largest absolute Gasteiger partial charge is 0.396 e. The minimum Gasteiger partial charge on any atom is -0.396 e. The lowest BCUT2D eigenvalue weighted by atomic mass is 9.75. The van der Waals surface area contributed by atoms with Crippen LogP contribution in [0, 0.1) is 17.3 Å². The van der Waals surface area contributed by atoms with E-state index >= 15 is 0 Å². The third kappa shape index (κ3) is 5.28. The molecule has 1 unspecified atom stereocenters. The maximum Gasteiger partial charge on any atom is 0.0502 e. The van der Waals surface area contributed by atoms with Crippen LogP contribution in [-0.2, 0) is 4.74 Å². The van der Waals surface area contributed by atoms with Crippen LogP contribution in [0.2, 0.25) is 0 Å². The van der Waals surface area contributed by atoms with E-state index in [2.05, 4.69) is 27.7 Å². The molecule has 0 spiro atoms. The van der Waals surface area contributed by atoms with Crippen molar-refractivity contribution in [3.63, 3.8) is 0 Å². The normalized spacial score (nSPS) is 15.8. The molecule has 3 nitrogen and oxygen atoms in total. The van der Waals surface area contributed by atoms with E-state index in [0.29, 0.717) is 25.0 Å². The predicted octanol–water partition coefficient (Wildman–Crippen LogP) is 2.03. The van der Waals surface area contributed by atoms with Gasteiger partial charge in [-0.3, -0.25) is 0 Å². The molecule has 0 aliphatic heterocycles. The molecule has 0 saturated carbocycles. The Morgan fingerprint density at radius 3 is 2.19 bits per heavy atom. The highest BCUT2D eigenvalue weighted by Gasteiger charge is 2.31. The summed E-state index contributed by atoms with van der Waals surface area (Å²) in [6.07, 6.45) is 1.94. The van der Waals surface area contributed by atoms with Gasteiger partial charge in [0.15, 0.2) is 0 Å². The molecule has 0 aromatic rings. The van der Waals surface area contributed by atoms with Crippen molar-refractivity contribution >= 4 is 0 Å². The van der Waals surface area contributed by atoms with Gasteiger partial charge in [0.1, 0.15) is 0 Å². The van der Waals surface area contributed by atoms with Crippen LogP contribution < -0.4 is 5.73 Å². The smallest absolute Gasteiger partial charge is 0.0502 e. The molecule has 0 rings (SSSR count). The number of hydrogen-bond acceptors (Lipinski definition) is 3. The molecule has 0 radical (unpaired) electrons. The van der Waals surface area contributed by atoms with Gasteiger partial charge in [-0.25, -0.2) is 0 Å². The molecule has 0 aromatic carbocycles. The second-order valence-corrected chi connectivity index (χ2v) is 5.42. The zero-order chi connectivity index (χ0) is 12.6. The molecular formula is C13H29NO2. The summed E-state index contributed by atoms with van der Waals surface area (Å²) in [4.78, 5) is 0. The molecule has 0 amide bonds. The lowest BCUT2D eigenvalue weighted by Gasteiger charge is -2.34. The van der Waals surface area contributed by atoms with Crippen LogP contribution in [0.3, 0.4) is 0 Å². The van der Waals surface area contributed by atoms with Crippen molar-refractivity contribution < 1.29 is 9.84 Å². The molecule has 16 heavy (non-hydrogen) atoms. The van der Waals surface area contributed by atoms with Gasteiger partial charge in [-0.05, 0) is 24.7 Å². The van der Waals surface area contributed by atoms with Crippen molar-refractivity contribution in [2.45, 2.75) is 40.5 Å². The predicted molar refractivity (Wildman–Crippen MR) is 68.3 cm³/mol. The third-order valence-corrected chi connectivity index (χ3v) is 3.53. The Morgan fingerprint density at radius 2 is 1.81 bits per heavy atom. The summed E-state index contributed by atoms with van der Waals surface area (Å²) in [6.45, 7) is 10.8. The average Bonchev–Trinajstić information content (AvgIpc) is 2.23. The number of ether oxygens (including phenoxy) is 1. The van der Waals surface area contributed by atoms with Crippen molar-refractivity contribution in [2.24, 2.45) is 23.0 Å². The summed E-state index contributed by atoms with van der Waals surface area (Å²) in [6, 6.07) is 0. The van der Waals surface area contributed by atoms with Gasteiger partial charge in [0.25, 0.3) is 0 Å². The summed E-state index contributed by atoms with van der Waals surface area (Å²) in [5, 5.41) is 9.46. The van der Waals surface area contributed by atoms with Crippen molar-refractivity contribution in [3.05, 3.63) is 0 Å². The number of hydrogen-bond donors (Lipinski definition) is 2. The summed E-state index contributed by atoms with van der Waals surface area (Å²) in [7, 11) is 0. The monoisotopic (exact) mass is 231 g/mol. The van der Waals surface area contributed by atoms with E-state index in [4.69, 9.17) is 10.5 Å². The fourth-order valence-electron chi connectivity index (χ4n) is 1.65. The highest BCUT2D eigenvalue weighted by molar-refractivity contribution is 4.82. The molecule has 3 N–H and O–H groups in total. The first-order valence-corrected chi connectivity index (χ1v) is 6.37. The highest BCUT2D eigenvalue weighted by Crippen LogP contribution is 2.29. The Labute approximate surface area is 100 Å². The lowest BCUT2D eigenvalue weighted by molar-refractivity contribution is 0.0298. The quantitative estimate of drug-likeness (QED) is 0.597. The van der Waals surface area contributed by atoms with E-state index in [-0.39, 0.29) is 12.0 Å². The first-order valence-electron chi connectivity index (χ1n) is 6.37. The molecule has 98 valence electrons. The molecule has 0 heterocycles. The molecular weight excluding hydrogens is 202 g/mol. The molecule has 1 atom stereocenters. The minimum absolute atomic E-state index is 0.148. The van der Waals surface area contributed by atoms with Crippen LogP contribution in [0.1, 0.15) is 40.5 Å². The van der Waals surface area contributed by atoms with Gasteiger partial charge in [-0.15, -0.1) is 0 Å². The molecule has 3 heteroatoms. The average molecular weight is 231 g/mol. The van der Waals surface area contributed by atoms with Gasteiger partial charge in [-0.1, -0.05) is 27.7 Å². The van der Waals surface area contributed by atoms with E-state index < -0.39 is 0 Å². The minimum atomic E-state index is -0.169. The van der Waals surface area contributed by atoms with Crippen LogP contribution >= 0.6 is 0 Å². The number of aliphatic hydroxyl groups is 1. The van der Waals surface area contributed by atoms with E-state index in [1.54, 1.807) is 0 Å². The first-order chi connectivity index (χ1) is 7.48. The van der Waals surface area contributed by atoms with Crippen LogP contribution in [0.25, 0.3) is 0 Å². The van der Waals surface area contributed by atoms with Crippen molar-refractivity contribution in [1.82, 2.24) is 0 Å². The Morgan fingerprint density at radius 1 is 1.19 bits per heavy atom. The zero-order valence-corrected chi connectivity index (χ0v) is 11.3. The van der Waals surface area contributed by atoms with Gasteiger partial charge in [0.2, 0.25) is 0 Å². The van der Waals surface area contributed by atoms with Gasteiger partial charge >= 0.3 is 0 Å². The molecule has 0 aliphatic rings. The van der Waals surface area contributed by atoms with E-state index in [9.17, 15) is 5.11 Å². The summed E-state index contributed by atoms with van der Waals surface area (Å²) >= 11 is 0. The summed E-state index contributed by atoms with van der Waals surface area (Å²) < 4.78 is 5.59. The second kappa shape index (κ2) is 8.04. The lowest BCUT2D eigenvalue weighted by Crippen LogP contribution is -2.40. The molecule has 0 bridgehead atoms. The molecule has 0 aliphatic carbocycles. The van der Waals surface area contributed by atoms with E-state index in [1.807, 2.05) is 0 Å². The van der Waals surface area contributed by atoms with Crippen LogP contribution in [0.5, 0.6) is 0 Å². The standard InChI is InChI=1S/C13H29NO2/c1-11(2)5-7-16-8-6-13(9-14,10-15)12(3)4/h11-12,15H,5-10,14H2,1-4H3. The fourth-order valence-corrected chi connectivity index (χ4v) is 1.65. The number of nitrogens with two attached hydrogens (primary N) is 1. The highest BCUT2D eigenvalue weighted by atomic mass is 16.5. The Bertz CT molecular complexity index is 165. The third-order valence-electron chi connectivity index (χ3n) is 3.53. The van der Waals surface area contributed by atoms with Crippen molar-refractivity contribution in [1.29, 1.82) is 0 Å². The van der Waals surface area contributed by atoms with Crippen molar-refractivity contribution in [2.75, 3.05) is 26.4 Å². The Balaban J connectivity index is 3.86. The molecule has 0 fully saturated rings. The Hall–Kier alpha value is -0.120. The Kier molecular flexibility index (Phi) is 7.98. The zero-order valence-electron chi connectivity index (χ0n) is 11.3. The fraction of sp³-hybridized carbons (Fsp3) is 1.00. The van der Waals surface area contributed by atoms with Gasteiger partial charge in [-0.2, -0.15) is 0 Å². The number of rotatable bonds is 9. The van der Waals surface area contributed by atoms with Gasteiger partial charge < -0.3 is 15.6 Å².